The molecule has 125 heavy (non-hydrogen) atoms. The number of para-hydroxylation sites is 2. The maximum Gasteiger partial charge on any atom is 0.167 e. The highest BCUT2D eigenvalue weighted by molar-refractivity contribution is 6.16. The van der Waals surface area contributed by atoms with Crippen LogP contribution in [-0.4, -0.2) is 48.2 Å². The summed E-state index contributed by atoms with van der Waals surface area (Å²) in [5.74, 6) is 3.38. The molecule has 0 aliphatic rings. The van der Waals surface area contributed by atoms with E-state index >= 15 is 0 Å². The maximum absolute atomic E-state index is 11.6. The lowest BCUT2D eigenvalue weighted by atomic mass is 9.97. The second kappa shape index (κ2) is 29.9. The molecule has 22 aromatic rings. The van der Waals surface area contributed by atoms with E-state index in [4.69, 9.17) is 24.9 Å². The predicted molar refractivity (Wildman–Crippen MR) is 511 cm³/mol. The standard InChI is InChI=1S/C113H80N12/c1-66-17-29-78(30-18-66)84-45-51-100-96(58-84)90-13-9-11-15-98(90)122(100)106-54-76(64-114)55-107(110(106)112-118-70(5)116-71(6)119-112)123-99-16-12-10-14-91(99)97-59-85(46-52-101(97)123)82-37-25-74(26-38-82)53-75-27-39-83(40-28-75)89-44-50-95-94-49-43-88(81-35-23-69(4)24-36-81)62-104(94)125(105(95)63-89)109-57-77(65-115)56-108(111(109)113-120-72(7)117-73(8)121-113)124-102-60-86(79-31-19-67(2)20-32-79)41-47-92(102)93-48-42-87(61-103(93)124)80-33-21-68(3)22-34-80/h9-52,54-63H,53H2,1-8H3. The fourth-order valence-electron chi connectivity index (χ4n) is 18.9. The Kier molecular flexibility index (Phi) is 17.9. The van der Waals surface area contributed by atoms with Crippen molar-refractivity contribution >= 4 is 87.2 Å². The van der Waals surface area contributed by atoms with Gasteiger partial charge in [0.1, 0.15) is 23.3 Å². The minimum absolute atomic E-state index is 0.479. The van der Waals surface area contributed by atoms with Crippen molar-refractivity contribution in [3.63, 3.8) is 0 Å². The van der Waals surface area contributed by atoms with E-state index < -0.39 is 0 Å². The third kappa shape index (κ3) is 13.1. The fourth-order valence-corrected chi connectivity index (χ4v) is 18.9. The van der Waals surface area contributed by atoms with E-state index in [0.29, 0.717) is 46.1 Å². The van der Waals surface area contributed by atoms with Crippen LogP contribution < -0.4 is 0 Å². The summed E-state index contributed by atoms with van der Waals surface area (Å²) in [5, 5.41) is 31.4. The van der Waals surface area contributed by atoms with Crippen LogP contribution >= 0.6 is 0 Å². The first kappa shape index (κ1) is 75.0. The van der Waals surface area contributed by atoms with Gasteiger partial charge in [0.2, 0.25) is 0 Å². The van der Waals surface area contributed by atoms with Crippen LogP contribution in [0.2, 0.25) is 0 Å². The molecule has 0 bridgehead atoms. The predicted octanol–water partition coefficient (Wildman–Crippen LogP) is 27.6. The van der Waals surface area contributed by atoms with Gasteiger partial charge in [-0.1, -0.05) is 265 Å². The molecule has 0 unspecified atom stereocenters. The van der Waals surface area contributed by atoms with Crippen molar-refractivity contribution in [3.8, 4) is 124 Å². The van der Waals surface area contributed by atoms with Crippen LogP contribution in [0.4, 0.5) is 0 Å². The van der Waals surface area contributed by atoms with Crippen molar-refractivity contribution in [2.75, 3.05) is 0 Å². The van der Waals surface area contributed by atoms with Gasteiger partial charge in [-0.15, -0.1) is 0 Å². The van der Waals surface area contributed by atoms with Crippen LogP contribution in [0.25, 0.3) is 200 Å². The molecule has 6 aromatic heterocycles. The van der Waals surface area contributed by atoms with Gasteiger partial charge in [-0.2, -0.15) is 10.5 Å². The molecule has 0 radical (unpaired) electrons. The van der Waals surface area contributed by atoms with Gasteiger partial charge in [0.25, 0.3) is 0 Å². The number of rotatable bonds is 14. The zero-order valence-electron chi connectivity index (χ0n) is 70.3. The van der Waals surface area contributed by atoms with Gasteiger partial charge >= 0.3 is 0 Å². The molecule has 592 valence electrons. The van der Waals surface area contributed by atoms with Gasteiger partial charge < -0.3 is 18.3 Å². The van der Waals surface area contributed by atoms with Crippen molar-refractivity contribution in [1.82, 2.24) is 48.2 Å². The number of nitriles is 2. The van der Waals surface area contributed by atoms with Crippen LogP contribution in [0.5, 0.6) is 0 Å². The zero-order valence-corrected chi connectivity index (χ0v) is 70.3. The van der Waals surface area contributed by atoms with Crippen molar-refractivity contribution in [1.29, 1.82) is 10.5 Å². The van der Waals surface area contributed by atoms with E-state index in [1.54, 1.807) is 0 Å². The molecule has 22 rings (SSSR count). The number of benzene rings is 16. The van der Waals surface area contributed by atoms with Gasteiger partial charge in [0.05, 0.1) is 101 Å². The molecule has 0 aliphatic heterocycles. The smallest absolute Gasteiger partial charge is 0.167 e. The number of nitrogens with zero attached hydrogens (tertiary/aromatic N) is 12. The molecule has 12 nitrogen and oxygen atoms in total. The SMILES string of the molecule is Cc1ccc(-c2ccc3c(c2)c2ccccc2n3-c2cc(C#N)cc(-n3c4ccccc4c4cc(-c5ccc(Cc6ccc(-c7ccc8c9ccc(-c%10ccc(C)cc%10)cc9n(-c9cc(C#N)cc(-n%10c%11cc(-c%12ccc(C)cc%12)ccc%11c%11ccc(-c%12ccc(C)cc%12)cc%11%10)c9-c9nc(C)nc(C)n9)c8c7)cc6)cc5)ccc43)c2-c2nc(C)nc(C)n2)cc1. The molecule has 0 atom stereocenters. The molecule has 0 saturated heterocycles. The van der Waals surface area contributed by atoms with Crippen LogP contribution in [0.1, 0.15) is 67.8 Å². The highest BCUT2D eigenvalue weighted by atomic mass is 15.1. The lowest BCUT2D eigenvalue weighted by Crippen LogP contribution is -2.08. The normalized spacial score (nSPS) is 11.7. The summed E-state index contributed by atoms with van der Waals surface area (Å²) >= 11 is 0. The quantitative estimate of drug-likeness (QED) is 0.105. The number of hydrogen-bond acceptors (Lipinski definition) is 8. The Hall–Kier alpha value is -16.3. The Morgan fingerprint density at radius 1 is 0.216 bits per heavy atom. The Morgan fingerprint density at radius 2 is 0.448 bits per heavy atom. The summed E-state index contributed by atoms with van der Waals surface area (Å²) in [4.78, 5) is 30.3. The molecule has 16 aromatic carbocycles. The summed E-state index contributed by atoms with van der Waals surface area (Å²) in [7, 11) is 0. The zero-order chi connectivity index (χ0) is 84.6. The van der Waals surface area contributed by atoms with Crippen molar-refractivity contribution in [3.05, 3.63) is 395 Å². The molecule has 0 fully saturated rings. The first-order valence-corrected chi connectivity index (χ1v) is 42.3. The number of fused-ring (bicyclic) bond motifs is 12. The number of hydrogen-bond donors (Lipinski definition) is 0. The molecular formula is C113H80N12. The summed E-state index contributed by atoms with van der Waals surface area (Å²) in [6, 6.07) is 124. The van der Waals surface area contributed by atoms with Crippen LogP contribution in [0.15, 0.2) is 328 Å². The van der Waals surface area contributed by atoms with E-state index in [2.05, 4.69) is 366 Å². The van der Waals surface area contributed by atoms with Gasteiger partial charge in [-0.25, -0.2) is 29.9 Å². The highest BCUT2D eigenvalue weighted by Crippen LogP contribution is 2.48. The summed E-state index contributed by atoms with van der Waals surface area (Å²) in [6.07, 6.45) is 0.724. The average Bonchev–Trinajstić information content (AvgIpc) is 1.59. The minimum atomic E-state index is 0.479. The van der Waals surface area contributed by atoms with Gasteiger partial charge in [-0.05, 0) is 225 Å². The number of aromatic nitrogens is 10. The highest BCUT2D eigenvalue weighted by Gasteiger charge is 2.30. The first-order valence-electron chi connectivity index (χ1n) is 42.3. The van der Waals surface area contributed by atoms with Gasteiger partial charge in [-0.3, -0.25) is 0 Å². The second-order valence-corrected chi connectivity index (χ2v) is 33.3. The van der Waals surface area contributed by atoms with Crippen LogP contribution in [-0.2, 0) is 6.42 Å². The van der Waals surface area contributed by atoms with Crippen LogP contribution in [0.3, 0.4) is 0 Å². The third-order valence-electron chi connectivity index (χ3n) is 25.0. The van der Waals surface area contributed by atoms with Crippen molar-refractivity contribution < 1.29 is 0 Å². The molecule has 0 N–H and O–H groups in total. The molecule has 0 aliphatic carbocycles. The average molecular weight is 1610 g/mol. The summed E-state index contributed by atoms with van der Waals surface area (Å²) in [6.45, 7) is 16.1. The van der Waals surface area contributed by atoms with E-state index in [1.165, 1.54) is 33.4 Å². The van der Waals surface area contributed by atoms with Crippen LogP contribution in [0, 0.1) is 78.1 Å². The van der Waals surface area contributed by atoms with E-state index in [9.17, 15) is 10.5 Å². The number of aryl methyl sites for hydroxylation is 8. The van der Waals surface area contributed by atoms with E-state index in [-0.39, 0.29) is 0 Å². The first-order chi connectivity index (χ1) is 61.1. The monoisotopic (exact) mass is 1600 g/mol. The largest absolute Gasteiger partial charge is 0.308 e. The molecule has 0 amide bonds. The van der Waals surface area contributed by atoms with Crippen molar-refractivity contribution in [2.24, 2.45) is 0 Å². The lowest BCUT2D eigenvalue weighted by molar-refractivity contribution is 0.923. The minimum Gasteiger partial charge on any atom is -0.308 e. The topological polar surface area (TPSA) is 145 Å². The Bertz CT molecular complexity index is 8170. The molecular weight excluding hydrogens is 1530 g/mol. The maximum atomic E-state index is 11.6. The molecule has 0 saturated carbocycles. The summed E-state index contributed by atoms with van der Waals surface area (Å²) in [5.41, 5.74) is 33.6. The van der Waals surface area contributed by atoms with Crippen molar-refractivity contribution in [2.45, 2.75) is 61.8 Å². The van der Waals surface area contributed by atoms with Gasteiger partial charge in [0, 0.05) is 43.1 Å². The second-order valence-electron chi connectivity index (χ2n) is 33.3. The lowest BCUT2D eigenvalue weighted by Gasteiger charge is -2.20. The Balaban J connectivity index is 0.643. The Morgan fingerprint density at radius 3 is 0.736 bits per heavy atom. The van der Waals surface area contributed by atoms with E-state index in [1.807, 2.05) is 52.0 Å². The molecule has 6 heterocycles. The molecule has 0 spiro atoms. The molecule has 12 heteroatoms. The van der Waals surface area contributed by atoms with E-state index in [0.717, 1.165) is 194 Å². The van der Waals surface area contributed by atoms with Gasteiger partial charge in [0.15, 0.2) is 11.6 Å². The Labute approximate surface area is 722 Å². The third-order valence-corrected chi connectivity index (χ3v) is 25.0. The summed E-state index contributed by atoms with van der Waals surface area (Å²) < 4.78 is 9.29. The fraction of sp³-hybridized carbons (Fsp3) is 0.0796.